The third kappa shape index (κ3) is 7.55. The highest BCUT2D eigenvalue weighted by Crippen LogP contribution is 2.54. The fourth-order valence-electron chi connectivity index (χ4n) is 20.0. The van der Waals surface area contributed by atoms with Gasteiger partial charge < -0.3 is 0 Å². The Bertz CT molecular complexity index is 7610. The summed E-state index contributed by atoms with van der Waals surface area (Å²) in [5.41, 5.74) is 47.0. The third-order valence-corrected chi connectivity index (χ3v) is 24.4. The van der Waals surface area contributed by atoms with E-state index in [1.807, 2.05) is 37.2 Å². The zero-order valence-electron chi connectivity index (χ0n) is 56.7. The van der Waals surface area contributed by atoms with Crippen molar-refractivity contribution in [3.8, 4) is 66.8 Å². The van der Waals surface area contributed by atoms with Gasteiger partial charge in [0.05, 0.1) is 49.7 Å². The van der Waals surface area contributed by atoms with Gasteiger partial charge in [-0.1, -0.05) is 170 Å². The lowest BCUT2D eigenvalue weighted by Gasteiger charge is -2.13. The molecular formula is C96H57N9. The molecule has 27 rings (SSSR count). The van der Waals surface area contributed by atoms with Gasteiger partial charge in [0, 0.05) is 75.9 Å². The van der Waals surface area contributed by atoms with Gasteiger partial charge in [-0.15, -0.1) is 0 Å². The van der Waals surface area contributed by atoms with Crippen LogP contribution in [0.3, 0.4) is 0 Å². The summed E-state index contributed by atoms with van der Waals surface area (Å²) in [6.07, 6.45) is 17.5. The molecule has 0 bridgehead atoms. The summed E-state index contributed by atoms with van der Waals surface area (Å²) in [5, 5.41) is 11.0. The van der Waals surface area contributed by atoms with Gasteiger partial charge in [0.15, 0.2) is 0 Å². The van der Waals surface area contributed by atoms with Gasteiger partial charge in [-0.3, -0.25) is 28.2 Å². The van der Waals surface area contributed by atoms with Crippen molar-refractivity contribution < 1.29 is 0 Å². The number of imidazole rings is 3. The van der Waals surface area contributed by atoms with Gasteiger partial charge >= 0.3 is 0 Å². The summed E-state index contributed by atoms with van der Waals surface area (Å²) in [6, 6.07) is 86.4. The highest BCUT2D eigenvalue weighted by molar-refractivity contribution is 6.20. The van der Waals surface area contributed by atoms with E-state index in [0.717, 1.165) is 105 Å². The number of fused-ring (bicyclic) bond motifs is 47. The van der Waals surface area contributed by atoms with Gasteiger partial charge in [0.25, 0.3) is 0 Å². The molecule has 21 aromatic rings. The number of aromatic nitrogens is 9. The number of rotatable bonds is 0. The Hall–Kier alpha value is -13.5. The molecule has 0 amide bonds. The number of benzene rings is 12. The summed E-state index contributed by atoms with van der Waals surface area (Å²) in [6.45, 7) is 0. The van der Waals surface area contributed by atoms with Gasteiger partial charge in [-0.05, 0) is 249 Å². The van der Waals surface area contributed by atoms with E-state index in [9.17, 15) is 0 Å². The normalized spacial score (nSPS) is 13.5. The SMILES string of the molecule is c1ccc2c(c1)Cc1c-2ccc2c1-c1ccc3c4cnccc4n4c5ccccc5nc4c3c1C2.c1ccc2c(c1)Cc1cc3c(cc1-2)Cc1c-3ccc2c3cnccc3n3c4ccccc4nc3c12.c1ccc2c(c1)Cc1ccc3c(c1-2)Cc1c-3ccc2c3cnccc3n3c4ccccc4nc3c12. The van der Waals surface area contributed by atoms with Crippen LogP contribution in [0.1, 0.15) is 66.8 Å². The average Bonchev–Trinajstić information content (AvgIpc) is 1.58. The molecule has 0 saturated carbocycles. The molecule has 9 heteroatoms. The van der Waals surface area contributed by atoms with E-state index in [4.69, 9.17) is 15.0 Å². The molecule has 9 nitrogen and oxygen atoms in total. The first kappa shape index (κ1) is 56.2. The van der Waals surface area contributed by atoms with Crippen LogP contribution in [0.15, 0.2) is 274 Å². The Morgan fingerprint density at radius 3 is 1.11 bits per heavy atom. The Labute approximate surface area is 600 Å². The van der Waals surface area contributed by atoms with Crippen LogP contribution in [0.4, 0.5) is 0 Å². The van der Waals surface area contributed by atoms with Crippen LogP contribution in [-0.4, -0.2) is 43.1 Å². The van der Waals surface area contributed by atoms with E-state index in [2.05, 4.69) is 265 Å². The highest BCUT2D eigenvalue weighted by atomic mass is 15.0. The average molecular weight is 1340 g/mol. The number of hydrogen-bond acceptors (Lipinski definition) is 6. The van der Waals surface area contributed by atoms with Crippen LogP contribution < -0.4 is 0 Å². The molecule has 6 aliphatic rings. The van der Waals surface area contributed by atoms with Gasteiger partial charge in [0.2, 0.25) is 0 Å². The lowest BCUT2D eigenvalue weighted by atomic mass is 9.94. The van der Waals surface area contributed by atoms with E-state index in [1.54, 1.807) is 0 Å². The lowest BCUT2D eigenvalue weighted by Crippen LogP contribution is -1.95. The zero-order chi connectivity index (χ0) is 68.0. The smallest absolute Gasteiger partial charge is 0.146 e. The van der Waals surface area contributed by atoms with Crippen molar-refractivity contribution in [2.24, 2.45) is 0 Å². The maximum absolute atomic E-state index is 5.18. The van der Waals surface area contributed by atoms with Crippen molar-refractivity contribution in [3.63, 3.8) is 0 Å². The minimum atomic E-state index is 0.933. The van der Waals surface area contributed by atoms with E-state index >= 15 is 0 Å². The summed E-state index contributed by atoms with van der Waals surface area (Å²) in [4.78, 5) is 29.0. The number of pyridine rings is 6. The topological polar surface area (TPSA) is 90.6 Å². The van der Waals surface area contributed by atoms with E-state index < -0.39 is 0 Å². The number of para-hydroxylation sites is 6. The molecule has 0 saturated heterocycles. The first-order valence-electron chi connectivity index (χ1n) is 36.6. The maximum Gasteiger partial charge on any atom is 0.146 e. The van der Waals surface area contributed by atoms with Crippen molar-refractivity contribution in [2.45, 2.75) is 38.5 Å². The highest BCUT2D eigenvalue weighted by Gasteiger charge is 2.34. The quantitative estimate of drug-likeness (QED) is 0.141. The molecule has 0 fully saturated rings. The van der Waals surface area contributed by atoms with Gasteiger partial charge in [-0.2, -0.15) is 0 Å². The van der Waals surface area contributed by atoms with Crippen LogP contribution in [0, 0.1) is 0 Å². The van der Waals surface area contributed by atoms with E-state index in [-0.39, 0.29) is 0 Å². The van der Waals surface area contributed by atoms with Crippen LogP contribution in [-0.2, 0) is 38.5 Å². The molecular weight excluding hydrogens is 1280 g/mol. The Balaban J connectivity index is 0.0000000914. The van der Waals surface area contributed by atoms with Crippen molar-refractivity contribution >= 4 is 115 Å². The van der Waals surface area contributed by atoms with E-state index in [0.29, 0.717) is 0 Å². The zero-order valence-corrected chi connectivity index (χ0v) is 56.7. The van der Waals surface area contributed by atoms with E-state index in [1.165, 1.54) is 182 Å². The predicted molar refractivity (Wildman–Crippen MR) is 426 cm³/mol. The molecule has 0 atom stereocenters. The summed E-state index contributed by atoms with van der Waals surface area (Å²) in [7, 11) is 0. The standard InChI is InChI=1S/3C32H19N3/c1-2-6-21-18(5-1)13-19-14-25-20(15-24(19)21)16-26-22(25)9-10-23-27-17-33-12-11-29(27)35-30-8-4-3-7-28(30)34-32(35)31(23)26;1-2-6-20-18(5-1)15-24-21(20)10-9-19-16-25-22(30(19)24)11-12-23-26-17-33-14-13-28(26)35-29-8-4-3-7-27(29)34-32(35)31(23)25;1-2-6-20-18(5-1)15-19-9-10-21-22-11-12-23-26-17-33-14-13-28(26)35-29-8-4-3-7-27(29)34-32(35)31(23)25(22)16-24(21)30(19)20/h1-12,14-15,17H,13,16H2;2*1-14,17H,15-16H2. The fourth-order valence-corrected chi connectivity index (χ4v) is 20.0. The number of nitrogens with zero attached hydrogens (tertiary/aromatic N) is 9. The third-order valence-electron chi connectivity index (χ3n) is 24.4. The van der Waals surface area contributed by atoms with Crippen LogP contribution in [0.25, 0.3) is 182 Å². The molecule has 12 aromatic carbocycles. The predicted octanol–water partition coefficient (Wildman–Crippen LogP) is 22.0. The Morgan fingerprint density at radius 2 is 0.562 bits per heavy atom. The van der Waals surface area contributed by atoms with Crippen LogP contribution >= 0.6 is 0 Å². The molecule has 9 aromatic heterocycles. The fraction of sp³-hybridized carbons (Fsp3) is 0.0625. The van der Waals surface area contributed by atoms with Crippen LogP contribution in [0.2, 0.25) is 0 Å². The molecule has 105 heavy (non-hydrogen) atoms. The second-order valence-electron chi connectivity index (χ2n) is 29.4. The minimum Gasteiger partial charge on any atom is -0.292 e. The first-order valence-corrected chi connectivity index (χ1v) is 36.6. The maximum atomic E-state index is 5.18. The second-order valence-corrected chi connectivity index (χ2v) is 29.4. The van der Waals surface area contributed by atoms with Crippen molar-refractivity contribution in [1.82, 2.24) is 43.1 Å². The Kier molecular flexibility index (Phi) is 11.0. The summed E-state index contributed by atoms with van der Waals surface area (Å²) >= 11 is 0. The molecule has 0 radical (unpaired) electrons. The molecule has 0 unspecified atom stereocenters. The van der Waals surface area contributed by atoms with Crippen molar-refractivity contribution in [2.75, 3.05) is 0 Å². The molecule has 0 aliphatic heterocycles. The summed E-state index contributed by atoms with van der Waals surface area (Å²) < 4.78 is 6.99. The van der Waals surface area contributed by atoms with Crippen molar-refractivity contribution in [1.29, 1.82) is 0 Å². The minimum absolute atomic E-state index is 0.933. The number of hydrogen-bond donors (Lipinski definition) is 0. The van der Waals surface area contributed by atoms with Crippen molar-refractivity contribution in [3.05, 3.63) is 341 Å². The monoisotopic (exact) mass is 1340 g/mol. The van der Waals surface area contributed by atoms with Crippen LogP contribution in [0.5, 0.6) is 0 Å². The van der Waals surface area contributed by atoms with Gasteiger partial charge in [0.1, 0.15) is 16.9 Å². The molecule has 9 heterocycles. The second kappa shape index (κ2) is 20.6. The first-order chi connectivity index (χ1) is 52.1. The molecule has 0 N–H and O–H groups in total. The molecule has 486 valence electrons. The largest absolute Gasteiger partial charge is 0.292 e. The Morgan fingerprint density at radius 1 is 0.219 bits per heavy atom. The molecule has 0 spiro atoms. The molecule has 6 aliphatic carbocycles. The lowest BCUT2D eigenvalue weighted by molar-refractivity contribution is 1.24. The van der Waals surface area contributed by atoms with Gasteiger partial charge in [-0.25, -0.2) is 15.0 Å². The summed E-state index contributed by atoms with van der Waals surface area (Å²) in [5.74, 6) is 0.